The summed E-state index contributed by atoms with van der Waals surface area (Å²) < 4.78 is 0. The van der Waals surface area contributed by atoms with Crippen molar-refractivity contribution in [2.75, 3.05) is 31.5 Å². The molecule has 0 aliphatic carbocycles. The van der Waals surface area contributed by atoms with Gasteiger partial charge in [-0.25, -0.2) is 0 Å². The average molecular weight is 345 g/mol. The van der Waals surface area contributed by atoms with E-state index in [-0.39, 0.29) is 11.8 Å². The van der Waals surface area contributed by atoms with Crippen LogP contribution in [-0.4, -0.2) is 42.9 Å². The second-order valence-electron chi connectivity index (χ2n) is 6.87. The molecule has 1 atom stereocenters. The number of piperidine rings is 1. The SMILES string of the molecule is CCN(CC)C(=O)c1ccc(NC(=O)CC(C)C2CCNCC2)cc1. The lowest BCUT2D eigenvalue weighted by molar-refractivity contribution is -0.117. The van der Waals surface area contributed by atoms with Gasteiger partial charge in [-0.3, -0.25) is 9.59 Å². The van der Waals surface area contributed by atoms with Gasteiger partial charge in [0.15, 0.2) is 0 Å². The van der Waals surface area contributed by atoms with Crippen molar-refractivity contribution < 1.29 is 9.59 Å². The molecule has 138 valence electrons. The molecule has 1 saturated heterocycles. The van der Waals surface area contributed by atoms with Gasteiger partial charge in [0.05, 0.1) is 0 Å². The third kappa shape index (κ3) is 5.56. The molecule has 2 amide bonds. The van der Waals surface area contributed by atoms with Gasteiger partial charge in [-0.15, -0.1) is 0 Å². The number of hydrogen-bond acceptors (Lipinski definition) is 3. The Hall–Kier alpha value is -1.88. The quantitative estimate of drug-likeness (QED) is 0.798. The third-order valence-corrected chi connectivity index (χ3v) is 5.16. The van der Waals surface area contributed by atoms with Crippen molar-refractivity contribution in [3.05, 3.63) is 29.8 Å². The number of amides is 2. The van der Waals surface area contributed by atoms with Crippen molar-refractivity contribution in [3.63, 3.8) is 0 Å². The molecule has 5 heteroatoms. The molecule has 0 radical (unpaired) electrons. The van der Waals surface area contributed by atoms with Crippen LogP contribution in [0.25, 0.3) is 0 Å². The minimum atomic E-state index is 0.0300. The van der Waals surface area contributed by atoms with E-state index in [2.05, 4.69) is 17.6 Å². The van der Waals surface area contributed by atoms with Gasteiger partial charge in [-0.1, -0.05) is 6.92 Å². The molecule has 1 aliphatic rings. The number of nitrogens with zero attached hydrogens (tertiary/aromatic N) is 1. The lowest BCUT2D eigenvalue weighted by Gasteiger charge is -2.27. The van der Waals surface area contributed by atoms with Crippen molar-refractivity contribution in [2.24, 2.45) is 11.8 Å². The van der Waals surface area contributed by atoms with Crippen LogP contribution in [0.2, 0.25) is 0 Å². The van der Waals surface area contributed by atoms with Gasteiger partial charge < -0.3 is 15.5 Å². The fourth-order valence-corrected chi connectivity index (χ4v) is 3.47. The van der Waals surface area contributed by atoms with Gasteiger partial charge in [0.2, 0.25) is 5.91 Å². The predicted octanol–water partition coefficient (Wildman–Crippen LogP) is 3.13. The highest BCUT2D eigenvalue weighted by Crippen LogP contribution is 2.24. The van der Waals surface area contributed by atoms with Gasteiger partial charge in [0.25, 0.3) is 5.91 Å². The minimum absolute atomic E-state index is 0.0300. The Morgan fingerprint density at radius 2 is 1.76 bits per heavy atom. The molecule has 2 rings (SSSR count). The molecular weight excluding hydrogens is 314 g/mol. The van der Waals surface area contributed by atoms with Crippen LogP contribution in [0.3, 0.4) is 0 Å². The minimum Gasteiger partial charge on any atom is -0.339 e. The molecule has 1 aromatic carbocycles. The van der Waals surface area contributed by atoms with Crippen molar-refractivity contribution >= 4 is 17.5 Å². The molecule has 1 aliphatic heterocycles. The van der Waals surface area contributed by atoms with Crippen LogP contribution in [0.4, 0.5) is 5.69 Å². The summed E-state index contributed by atoms with van der Waals surface area (Å²) in [6.07, 6.45) is 2.85. The van der Waals surface area contributed by atoms with E-state index in [1.54, 1.807) is 17.0 Å². The second-order valence-corrected chi connectivity index (χ2v) is 6.87. The molecule has 5 nitrogen and oxygen atoms in total. The fourth-order valence-electron chi connectivity index (χ4n) is 3.47. The maximum Gasteiger partial charge on any atom is 0.253 e. The summed E-state index contributed by atoms with van der Waals surface area (Å²) in [6.45, 7) is 9.61. The number of nitrogens with one attached hydrogen (secondary N) is 2. The van der Waals surface area contributed by atoms with Crippen LogP contribution < -0.4 is 10.6 Å². The number of hydrogen-bond donors (Lipinski definition) is 2. The Bertz CT molecular complexity index is 561. The number of carbonyl (C=O) groups excluding carboxylic acids is 2. The average Bonchev–Trinajstić information content (AvgIpc) is 2.64. The fraction of sp³-hybridized carbons (Fsp3) is 0.600. The van der Waals surface area contributed by atoms with E-state index in [1.807, 2.05) is 26.0 Å². The Labute approximate surface area is 151 Å². The topological polar surface area (TPSA) is 61.4 Å². The molecule has 1 aromatic rings. The Balaban J connectivity index is 1.87. The number of benzene rings is 1. The molecule has 1 unspecified atom stereocenters. The second kappa shape index (κ2) is 9.56. The Kier molecular flexibility index (Phi) is 7.44. The van der Waals surface area contributed by atoms with Crippen molar-refractivity contribution in [1.29, 1.82) is 0 Å². The van der Waals surface area contributed by atoms with Gasteiger partial charge in [0, 0.05) is 30.8 Å². The molecule has 0 saturated carbocycles. The summed E-state index contributed by atoms with van der Waals surface area (Å²) in [4.78, 5) is 26.4. The monoisotopic (exact) mass is 345 g/mol. The molecule has 1 fully saturated rings. The summed E-state index contributed by atoms with van der Waals surface area (Å²) in [6, 6.07) is 7.19. The van der Waals surface area contributed by atoms with Gasteiger partial charge >= 0.3 is 0 Å². The molecule has 0 spiro atoms. The van der Waals surface area contributed by atoms with Gasteiger partial charge in [-0.2, -0.15) is 0 Å². The summed E-state index contributed by atoms with van der Waals surface area (Å²) in [5.41, 5.74) is 1.41. The van der Waals surface area contributed by atoms with E-state index < -0.39 is 0 Å². The highest BCUT2D eigenvalue weighted by atomic mass is 16.2. The van der Waals surface area contributed by atoms with Crippen LogP contribution in [-0.2, 0) is 4.79 Å². The van der Waals surface area contributed by atoms with Crippen molar-refractivity contribution in [2.45, 2.75) is 40.0 Å². The van der Waals surface area contributed by atoms with Crippen LogP contribution in [0.15, 0.2) is 24.3 Å². The standard InChI is InChI=1S/C20H31N3O2/c1-4-23(5-2)20(25)17-6-8-18(9-7-17)22-19(24)14-15(3)16-10-12-21-13-11-16/h6-9,15-16,21H,4-5,10-14H2,1-3H3,(H,22,24). The largest absolute Gasteiger partial charge is 0.339 e. The van der Waals surface area contributed by atoms with E-state index in [9.17, 15) is 9.59 Å². The predicted molar refractivity (Wildman–Crippen MR) is 102 cm³/mol. The molecule has 0 aromatic heterocycles. The molecular formula is C20H31N3O2. The number of carbonyl (C=O) groups is 2. The van der Waals surface area contributed by atoms with Gasteiger partial charge in [0.1, 0.15) is 0 Å². The number of anilines is 1. The zero-order valence-corrected chi connectivity index (χ0v) is 15.7. The lowest BCUT2D eigenvalue weighted by Crippen LogP contribution is -2.32. The van der Waals surface area contributed by atoms with Crippen LogP contribution >= 0.6 is 0 Å². The van der Waals surface area contributed by atoms with Crippen LogP contribution in [0, 0.1) is 11.8 Å². The maximum atomic E-state index is 12.3. The third-order valence-electron chi connectivity index (χ3n) is 5.16. The van der Waals surface area contributed by atoms with Crippen molar-refractivity contribution in [1.82, 2.24) is 10.2 Å². The first-order valence-corrected chi connectivity index (χ1v) is 9.45. The first-order valence-electron chi connectivity index (χ1n) is 9.45. The van der Waals surface area contributed by atoms with E-state index in [4.69, 9.17) is 0 Å². The first kappa shape index (κ1) is 19.4. The normalized spacial score (nSPS) is 16.3. The van der Waals surface area contributed by atoms with Crippen LogP contribution in [0.5, 0.6) is 0 Å². The lowest BCUT2D eigenvalue weighted by atomic mass is 9.84. The number of rotatable bonds is 7. The molecule has 25 heavy (non-hydrogen) atoms. The zero-order valence-electron chi connectivity index (χ0n) is 15.7. The van der Waals surface area contributed by atoms with Crippen LogP contribution in [0.1, 0.15) is 50.4 Å². The summed E-state index contributed by atoms with van der Waals surface area (Å²) in [5.74, 6) is 1.10. The smallest absolute Gasteiger partial charge is 0.253 e. The maximum absolute atomic E-state index is 12.3. The molecule has 2 N–H and O–H groups in total. The highest BCUT2D eigenvalue weighted by molar-refractivity contribution is 5.95. The zero-order chi connectivity index (χ0) is 18.2. The molecule has 1 heterocycles. The Morgan fingerprint density at radius 3 is 2.32 bits per heavy atom. The van der Waals surface area contributed by atoms with E-state index in [0.717, 1.165) is 31.6 Å². The summed E-state index contributed by atoms with van der Waals surface area (Å²) in [5, 5.41) is 6.32. The Morgan fingerprint density at radius 1 is 1.16 bits per heavy atom. The van der Waals surface area contributed by atoms with Gasteiger partial charge in [-0.05, 0) is 75.9 Å². The summed E-state index contributed by atoms with van der Waals surface area (Å²) in [7, 11) is 0. The highest BCUT2D eigenvalue weighted by Gasteiger charge is 2.22. The first-order chi connectivity index (χ1) is 12.0. The molecule has 0 bridgehead atoms. The van der Waals surface area contributed by atoms with Crippen molar-refractivity contribution in [3.8, 4) is 0 Å². The summed E-state index contributed by atoms with van der Waals surface area (Å²) >= 11 is 0. The van der Waals surface area contributed by atoms with E-state index in [0.29, 0.717) is 36.9 Å². The van der Waals surface area contributed by atoms with E-state index >= 15 is 0 Å². The van der Waals surface area contributed by atoms with E-state index in [1.165, 1.54) is 0 Å².